The predicted molar refractivity (Wildman–Crippen MR) is 127 cm³/mol. The molecule has 1 fully saturated rings. The average molecular weight is 453 g/mol. The van der Waals surface area contributed by atoms with Crippen molar-refractivity contribution >= 4 is 17.4 Å². The van der Waals surface area contributed by atoms with E-state index in [1.807, 2.05) is 57.1 Å². The highest BCUT2D eigenvalue weighted by Gasteiger charge is 2.45. The topological polar surface area (TPSA) is 79.3 Å². The van der Waals surface area contributed by atoms with Crippen LogP contribution in [0.5, 0.6) is 11.5 Å². The van der Waals surface area contributed by atoms with E-state index in [1.165, 1.54) is 0 Å². The zero-order chi connectivity index (χ0) is 24.1. The Kier molecular flexibility index (Phi) is 7.76. The molecule has 2 aromatic carbocycles. The summed E-state index contributed by atoms with van der Waals surface area (Å²) in [4.78, 5) is 29.7. The third kappa shape index (κ3) is 5.54. The number of ether oxygens (including phenoxy) is 2. The zero-order valence-electron chi connectivity index (χ0n) is 19.9. The summed E-state index contributed by atoms with van der Waals surface area (Å²) in [5, 5.41) is 11.1. The molecule has 0 bridgehead atoms. The maximum Gasteiger partial charge on any atom is 0.295 e. The molecule has 7 nitrogen and oxygen atoms in total. The Morgan fingerprint density at radius 3 is 2.18 bits per heavy atom. The molecule has 0 aliphatic carbocycles. The first kappa shape index (κ1) is 24.3. The second kappa shape index (κ2) is 10.5. The van der Waals surface area contributed by atoms with Crippen molar-refractivity contribution in [1.29, 1.82) is 0 Å². The van der Waals surface area contributed by atoms with E-state index in [4.69, 9.17) is 9.47 Å². The summed E-state index contributed by atoms with van der Waals surface area (Å²) in [6, 6.07) is 13.4. The number of ketones is 1. The second-order valence-corrected chi connectivity index (χ2v) is 8.61. The summed E-state index contributed by atoms with van der Waals surface area (Å²) < 4.78 is 10.9. The minimum atomic E-state index is -0.680. The average Bonchev–Trinajstić information content (AvgIpc) is 3.03. The lowest BCUT2D eigenvalue weighted by atomic mass is 9.95. The number of carbonyl (C=O) groups excluding carboxylic acids is 2. The molecule has 1 heterocycles. The van der Waals surface area contributed by atoms with E-state index in [0.29, 0.717) is 30.0 Å². The Bertz CT molecular complexity index is 1010. The first-order valence-corrected chi connectivity index (χ1v) is 11.1. The van der Waals surface area contributed by atoms with Gasteiger partial charge in [0.2, 0.25) is 0 Å². The fourth-order valence-electron chi connectivity index (χ4n) is 3.92. The van der Waals surface area contributed by atoms with Crippen LogP contribution in [0.15, 0.2) is 54.1 Å². The molecule has 0 unspecified atom stereocenters. The van der Waals surface area contributed by atoms with Crippen LogP contribution in [-0.2, 0) is 9.59 Å². The van der Waals surface area contributed by atoms with Crippen molar-refractivity contribution in [1.82, 2.24) is 9.80 Å². The Balaban J connectivity index is 2.04. The first-order valence-electron chi connectivity index (χ1n) is 11.1. The highest BCUT2D eigenvalue weighted by atomic mass is 16.5. The van der Waals surface area contributed by atoms with Gasteiger partial charge in [-0.15, -0.1) is 0 Å². The standard InChI is InChI=1S/C26H32N2O5/c1-17(2)33-21-13-7-18(8-14-21)23-22(24(29)19-9-11-20(32-5)12-10-19)25(30)26(31)28(23)16-6-15-27(3)4/h7-14,17,23,29H,6,15-16H2,1-5H3/t23-/m0/s1. The predicted octanol–water partition coefficient (Wildman–Crippen LogP) is 3.86. The van der Waals surface area contributed by atoms with Gasteiger partial charge in [-0.2, -0.15) is 0 Å². The van der Waals surface area contributed by atoms with Crippen molar-refractivity contribution < 1.29 is 24.2 Å². The van der Waals surface area contributed by atoms with Crippen LogP contribution in [-0.4, -0.2) is 67.0 Å². The van der Waals surface area contributed by atoms with Crippen molar-refractivity contribution in [2.24, 2.45) is 0 Å². The molecular weight excluding hydrogens is 420 g/mol. The quantitative estimate of drug-likeness (QED) is 0.354. The highest BCUT2D eigenvalue weighted by Crippen LogP contribution is 2.40. The Morgan fingerprint density at radius 2 is 1.64 bits per heavy atom. The van der Waals surface area contributed by atoms with Gasteiger partial charge < -0.3 is 24.4 Å². The third-order valence-corrected chi connectivity index (χ3v) is 5.48. The molecule has 1 aliphatic rings. The van der Waals surface area contributed by atoms with Gasteiger partial charge in [0.1, 0.15) is 17.3 Å². The van der Waals surface area contributed by atoms with Gasteiger partial charge in [-0.1, -0.05) is 12.1 Å². The van der Waals surface area contributed by atoms with Gasteiger partial charge in [0.25, 0.3) is 11.7 Å². The number of likely N-dealkylation sites (tertiary alicyclic amines) is 1. The Morgan fingerprint density at radius 1 is 1.03 bits per heavy atom. The highest BCUT2D eigenvalue weighted by molar-refractivity contribution is 6.46. The lowest BCUT2D eigenvalue weighted by Crippen LogP contribution is -2.32. The second-order valence-electron chi connectivity index (χ2n) is 8.61. The number of aliphatic hydroxyl groups is 1. The van der Waals surface area contributed by atoms with E-state index >= 15 is 0 Å². The van der Waals surface area contributed by atoms with Crippen molar-refractivity contribution in [3.05, 3.63) is 65.2 Å². The fourth-order valence-corrected chi connectivity index (χ4v) is 3.92. The number of carbonyl (C=O) groups is 2. The first-order chi connectivity index (χ1) is 15.7. The number of hydrogen-bond acceptors (Lipinski definition) is 6. The summed E-state index contributed by atoms with van der Waals surface area (Å²) in [5.41, 5.74) is 1.28. The minimum absolute atomic E-state index is 0.0302. The van der Waals surface area contributed by atoms with Gasteiger partial charge in [-0.05, 0) is 82.9 Å². The smallest absolute Gasteiger partial charge is 0.295 e. The number of aliphatic hydroxyl groups excluding tert-OH is 1. The molecule has 2 aromatic rings. The molecule has 0 saturated carbocycles. The minimum Gasteiger partial charge on any atom is -0.507 e. The molecule has 1 N–H and O–H groups in total. The summed E-state index contributed by atoms with van der Waals surface area (Å²) in [5.74, 6) is -0.142. The molecule has 176 valence electrons. The van der Waals surface area contributed by atoms with Gasteiger partial charge in [-0.3, -0.25) is 9.59 Å². The van der Waals surface area contributed by atoms with Gasteiger partial charge >= 0.3 is 0 Å². The molecule has 1 aliphatic heterocycles. The number of rotatable bonds is 9. The van der Waals surface area contributed by atoms with E-state index in [9.17, 15) is 14.7 Å². The maximum absolute atomic E-state index is 13.1. The van der Waals surface area contributed by atoms with Gasteiger partial charge in [0.05, 0.1) is 24.8 Å². The van der Waals surface area contributed by atoms with Crippen LogP contribution in [0.25, 0.3) is 5.76 Å². The molecule has 0 aromatic heterocycles. The molecule has 33 heavy (non-hydrogen) atoms. The molecular formula is C26H32N2O5. The van der Waals surface area contributed by atoms with Crippen molar-refractivity contribution in [2.45, 2.75) is 32.4 Å². The number of benzene rings is 2. The largest absolute Gasteiger partial charge is 0.507 e. The fraction of sp³-hybridized carbons (Fsp3) is 0.385. The van der Waals surface area contributed by atoms with Crippen LogP contribution in [0.1, 0.15) is 37.4 Å². The van der Waals surface area contributed by atoms with E-state index in [2.05, 4.69) is 0 Å². The maximum atomic E-state index is 13.1. The number of hydrogen-bond donors (Lipinski definition) is 1. The number of nitrogens with zero attached hydrogens (tertiary/aromatic N) is 2. The van der Waals surface area contributed by atoms with Crippen molar-refractivity contribution in [3.63, 3.8) is 0 Å². The molecule has 1 amide bonds. The van der Waals surface area contributed by atoms with Gasteiger partial charge in [-0.25, -0.2) is 0 Å². The van der Waals surface area contributed by atoms with E-state index in [-0.39, 0.29) is 17.4 Å². The number of methoxy groups -OCH3 is 1. The van der Waals surface area contributed by atoms with Crippen LogP contribution >= 0.6 is 0 Å². The van der Waals surface area contributed by atoms with Crippen molar-refractivity contribution in [2.75, 3.05) is 34.3 Å². The van der Waals surface area contributed by atoms with Gasteiger partial charge in [0.15, 0.2) is 0 Å². The summed E-state index contributed by atoms with van der Waals surface area (Å²) in [6.07, 6.45) is 0.732. The Hall–Kier alpha value is -3.32. The van der Waals surface area contributed by atoms with E-state index < -0.39 is 17.7 Å². The zero-order valence-corrected chi connectivity index (χ0v) is 19.9. The van der Waals surface area contributed by atoms with Gasteiger partial charge in [0, 0.05) is 12.1 Å². The van der Waals surface area contributed by atoms with E-state index in [1.54, 1.807) is 36.3 Å². The molecule has 1 saturated heterocycles. The molecule has 3 rings (SSSR count). The molecule has 0 spiro atoms. The summed E-state index contributed by atoms with van der Waals surface area (Å²) in [7, 11) is 5.48. The summed E-state index contributed by atoms with van der Waals surface area (Å²) >= 11 is 0. The molecule has 0 radical (unpaired) electrons. The monoisotopic (exact) mass is 452 g/mol. The summed E-state index contributed by atoms with van der Waals surface area (Å²) in [6.45, 7) is 5.07. The van der Waals surface area contributed by atoms with Crippen LogP contribution < -0.4 is 9.47 Å². The lowest BCUT2D eigenvalue weighted by Gasteiger charge is -2.26. The van der Waals surface area contributed by atoms with Crippen LogP contribution in [0.2, 0.25) is 0 Å². The van der Waals surface area contributed by atoms with E-state index in [0.717, 1.165) is 12.1 Å². The molecule has 7 heteroatoms. The number of Topliss-reactive ketones (excluding diaryl/α,β-unsaturated/α-hetero) is 1. The number of amides is 1. The van der Waals surface area contributed by atoms with Crippen LogP contribution in [0.4, 0.5) is 0 Å². The lowest BCUT2D eigenvalue weighted by molar-refractivity contribution is -0.139. The Labute approximate surface area is 195 Å². The third-order valence-electron chi connectivity index (χ3n) is 5.48. The van der Waals surface area contributed by atoms with Crippen molar-refractivity contribution in [3.8, 4) is 11.5 Å². The van der Waals surface area contributed by atoms with Crippen LogP contribution in [0.3, 0.4) is 0 Å². The van der Waals surface area contributed by atoms with Crippen LogP contribution in [0, 0.1) is 0 Å². The SMILES string of the molecule is COc1ccc(C(O)=C2C(=O)C(=O)N(CCCN(C)C)[C@H]2c2ccc(OC(C)C)cc2)cc1. The normalized spacial score (nSPS) is 17.8. The molecule has 1 atom stereocenters.